The number of imidazole rings is 1. The number of hydrogen-bond acceptors (Lipinski definition) is 7. The zero-order chi connectivity index (χ0) is 16.7. The largest absolute Gasteiger partial charge is 0.334 e. The van der Waals surface area contributed by atoms with Gasteiger partial charge in [0.2, 0.25) is 0 Å². The van der Waals surface area contributed by atoms with E-state index < -0.39 is 10.5 Å². The SMILES string of the molecule is Cl.NC1(c2noc(-c3ccc(-n4ccnc4)c([N+](=O)[O-])c3)n2)CCC1. The van der Waals surface area contributed by atoms with Gasteiger partial charge >= 0.3 is 0 Å². The van der Waals surface area contributed by atoms with Crippen molar-refractivity contribution in [3.8, 4) is 17.1 Å². The van der Waals surface area contributed by atoms with E-state index in [1.165, 1.54) is 12.4 Å². The number of benzene rings is 1. The molecule has 0 saturated heterocycles. The lowest BCUT2D eigenvalue weighted by molar-refractivity contribution is -0.384. The molecule has 25 heavy (non-hydrogen) atoms. The Balaban J connectivity index is 0.00000182. The summed E-state index contributed by atoms with van der Waals surface area (Å²) in [6, 6.07) is 4.74. The molecule has 0 aliphatic heterocycles. The lowest BCUT2D eigenvalue weighted by atomic mass is 9.77. The molecule has 1 aliphatic rings. The Morgan fingerprint density at radius 3 is 2.76 bits per heavy atom. The summed E-state index contributed by atoms with van der Waals surface area (Å²) < 4.78 is 6.83. The average Bonchev–Trinajstić information content (AvgIpc) is 3.23. The molecule has 2 aromatic heterocycles. The molecule has 0 bridgehead atoms. The van der Waals surface area contributed by atoms with Crippen LogP contribution in [0.5, 0.6) is 0 Å². The van der Waals surface area contributed by atoms with Gasteiger partial charge in [0, 0.05) is 24.0 Å². The minimum absolute atomic E-state index is 0. The molecule has 1 fully saturated rings. The lowest BCUT2D eigenvalue weighted by Gasteiger charge is -2.34. The predicted octanol–water partition coefficient (Wildman–Crippen LogP) is 2.59. The van der Waals surface area contributed by atoms with Crippen LogP contribution in [0.3, 0.4) is 0 Å². The molecule has 1 saturated carbocycles. The molecular formula is C15H15ClN6O3. The van der Waals surface area contributed by atoms with Crippen molar-refractivity contribution in [3.05, 3.63) is 52.9 Å². The molecule has 10 heteroatoms. The van der Waals surface area contributed by atoms with Gasteiger partial charge in [-0.25, -0.2) is 4.98 Å². The second-order valence-corrected chi connectivity index (χ2v) is 5.86. The molecule has 3 aromatic rings. The van der Waals surface area contributed by atoms with Crippen molar-refractivity contribution in [2.24, 2.45) is 5.73 Å². The van der Waals surface area contributed by atoms with Gasteiger partial charge in [0.25, 0.3) is 11.6 Å². The molecule has 1 aliphatic carbocycles. The summed E-state index contributed by atoms with van der Waals surface area (Å²) in [6.45, 7) is 0. The van der Waals surface area contributed by atoms with Crippen LogP contribution >= 0.6 is 12.4 Å². The van der Waals surface area contributed by atoms with Crippen LogP contribution in [0.15, 0.2) is 41.4 Å². The molecule has 0 radical (unpaired) electrons. The van der Waals surface area contributed by atoms with Crippen molar-refractivity contribution >= 4 is 18.1 Å². The fourth-order valence-corrected chi connectivity index (χ4v) is 2.75. The quantitative estimate of drug-likeness (QED) is 0.558. The summed E-state index contributed by atoms with van der Waals surface area (Å²) in [7, 11) is 0. The Kier molecular flexibility index (Phi) is 4.27. The summed E-state index contributed by atoms with van der Waals surface area (Å²) in [5, 5.41) is 15.3. The van der Waals surface area contributed by atoms with E-state index in [4.69, 9.17) is 10.3 Å². The zero-order valence-electron chi connectivity index (χ0n) is 13.0. The van der Waals surface area contributed by atoms with Crippen molar-refractivity contribution in [2.75, 3.05) is 0 Å². The highest BCUT2D eigenvalue weighted by molar-refractivity contribution is 5.85. The van der Waals surface area contributed by atoms with Gasteiger partial charge in [0.1, 0.15) is 5.69 Å². The van der Waals surface area contributed by atoms with Crippen LogP contribution in [0.4, 0.5) is 5.69 Å². The number of nitrogens with two attached hydrogens (primary N) is 1. The zero-order valence-corrected chi connectivity index (χ0v) is 13.8. The van der Waals surface area contributed by atoms with Crippen LogP contribution < -0.4 is 5.73 Å². The summed E-state index contributed by atoms with van der Waals surface area (Å²) in [4.78, 5) is 19.2. The van der Waals surface area contributed by atoms with E-state index in [1.54, 1.807) is 29.1 Å². The number of aromatic nitrogens is 4. The Morgan fingerprint density at radius 1 is 1.36 bits per heavy atom. The van der Waals surface area contributed by atoms with Gasteiger partial charge < -0.3 is 14.8 Å². The molecule has 2 N–H and O–H groups in total. The molecule has 4 rings (SSSR count). The van der Waals surface area contributed by atoms with Crippen LogP contribution in [-0.2, 0) is 5.54 Å². The lowest BCUT2D eigenvalue weighted by Crippen LogP contribution is -2.44. The summed E-state index contributed by atoms with van der Waals surface area (Å²) >= 11 is 0. The standard InChI is InChI=1S/C15H14N6O3.ClH/c16-15(4-1-5-15)14-18-13(24-19-14)10-2-3-11(12(8-10)21(22)23)20-7-6-17-9-20;/h2-3,6-9H,1,4-5,16H2;1H. The van der Waals surface area contributed by atoms with Crippen molar-refractivity contribution in [1.82, 2.24) is 19.7 Å². The third-order valence-corrected chi connectivity index (χ3v) is 4.32. The van der Waals surface area contributed by atoms with Gasteiger partial charge in [0.15, 0.2) is 5.82 Å². The smallest absolute Gasteiger partial charge is 0.294 e. The fourth-order valence-electron chi connectivity index (χ4n) is 2.75. The van der Waals surface area contributed by atoms with Crippen LogP contribution in [0.1, 0.15) is 25.1 Å². The number of nitrogens with zero attached hydrogens (tertiary/aromatic N) is 5. The molecule has 0 spiro atoms. The Morgan fingerprint density at radius 2 is 2.16 bits per heavy atom. The van der Waals surface area contributed by atoms with Crippen LogP contribution in [0.2, 0.25) is 0 Å². The molecule has 0 atom stereocenters. The average molecular weight is 363 g/mol. The normalized spacial score (nSPS) is 15.2. The minimum Gasteiger partial charge on any atom is -0.334 e. The van der Waals surface area contributed by atoms with Crippen molar-refractivity contribution in [3.63, 3.8) is 0 Å². The highest BCUT2D eigenvalue weighted by Crippen LogP contribution is 2.38. The highest BCUT2D eigenvalue weighted by atomic mass is 35.5. The Labute approximate surface area is 148 Å². The van der Waals surface area contributed by atoms with E-state index in [0.29, 0.717) is 17.1 Å². The topological polar surface area (TPSA) is 126 Å². The van der Waals surface area contributed by atoms with E-state index in [9.17, 15) is 10.1 Å². The first-order chi connectivity index (χ1) is 11.6. The Hall–Kier alpha value is -2.78. The maximum absolute atomic E-state index is 11.4. The molecule has 2 heterocycles. The van der Waals surface area contributed by atoms with E-state index in [1.807, 2.05) is 0 Å². The Bertz CT molecular complexity index is 904. The molecule has 130 valence electrons. The number of hydrogen-bond donors (Lipinski definition) is 1. The number of nitro benzene ring substituents is 1. The second-order valence-electron chi connectivity index (χ2n) is 5.86. The van der Waals surface area contributed by atoms with Gasteiger partial charge in [-0.05, 0) is 31.4 Å². The second kappa shape index (κ2) is 6.26. The fraction of sp³-hybridized carbons (Fsp3) is 0.267. The first kappa shape index (κ1) is 17.1. The number of nitro groups is 1. The van der Waals surface area contributed by atoms with Crippen molar-refractivity contribution < 1.29 is 9.45 Å². The molecule has 1 aromatic carbocycles. The van der Waals surface area contributed by atoms with Crippen LogP contribution in [0.25, 0.3) is 17.1 Å². The number of rotatable bonds is 4. The van der Waals surface area contributed by atoms with Crippen LogP contribution in [-0.4, -0.2) is 24.6 Å². The van der Waals surface area contributed by atoms with Gasteiger partial charge in [-0.2, -0.15) is 4.98 Å². The van der Waals surface area contributed by atoms with E-state index in [0.717, 1.165) is 19.3 Å². The first-order valence-electron chi connectivity index (χ1n) is 7.47. The molecule has 0 amide bonds. The summed E-state index contributed by atoms with van der Waals surface area (Å²) in [6.07, 6.45) is 7.35. The van der Waals surface area contributed by atoms with Gasteiger partial charge in [-0.3, -0.25) is 10.1 Å². The third-order valence-electron chi connectivity index (χ3n) is 4.32. The van der Waals surface area contributed by atoms with Gasteiger partial charge in [-0.1, -0.05) is 5.16 Å². The van der Waals surface area contributed by atoms with E-state index in [-0.39, 0.29) is 24.0 Å². The summed E-state index contributed by atoms with van der Waals surface area (Å²) in [5.74, 6) is 0.673. The predicted molar refractivity (Wildman–Crippen MR) is 90.5 cm³/mol. The summed E-state index contributed by atoms with van der Waals surface area (Å²) in [5.41, 5.74) is 6.46. The van der Waals surface area contributed by atoms with Gasteiger partial charge in [0.05, 0.1) is 16.8 Å². The highest BCUT2D eigenvalue weighted by Gasteiger charge is 2.39. The monoisotopic (exact) mass is 362 g/mol. The molecule has 0 unspecified atom stereocenters. The minimum atomic E-state index is -0.537. The maximum Gasteiger partial charge on any atom is 0.294 e. The molecular weight excluding hydrogens is 348 g/mol. The van der Waals surface area contributed by atoms with Crippen molar-refractivity contribution in [2.45, 2.75) is 24.8 Å². The molecule has 9 nitrogen and oxygen atoms in total. The van der Waals surface area contributed by atoms with Crippen molar-refractivity contribution in [1.29, 1.82) is 0 Å². The number of halogens is 1. The van der Waals surface area contributed by atoms with E-state index >= 15 is 0 Å². The first-order valence-corrected chi connectivity index (χ1v) is 7.47. The van der Waals surface area contributed by atoms with E-state index in [2.05, 4.69) is 15.1 Å². The maximum atomic E-state index is 11.4. The van der Waals surface area contributed by atoms with Crippen LogP contribution in [0, 0.1) is 10.1 Å². The van der Waals surface area contributed by atoms with Gasteiger partial charge in [-0.15, -0.1) is 12.4 Å². The third kappa shape index (κ3) is 2.87.